The number of halogens is 2. The Balaban J connectivity index is 0.000000171. The van der Waals surface area contributed by atoms with Crippen LogP contribution in [0.2, 0.25) is 0 Å². The molecule has 0 unspecified atom stereocenters. The maximum Gasteiger partial charge on any atom is 0.326 e. The second-order valence-corrected chi connectivity index (χ2v) is 9.51. The van der Waals surface area contributed by atoms with Crippen molar-refractivity contribution in [3.05, 3.63) is 68.6 Å². The van der Waals surface area contributed by atoms with Gasteiger partial charge in [-0.1, -0.05) is 56.1 Å². The number of ether oxygens (including phenoxy) is 2. The molecule has 0 saturated heterocycles. The Labute approximate surface area is 192 Å². The molecule has 0 aliphatic heterocycles. The highest BCUT2D eigenvalue weighted by Crippen LogP contribution is 2.51. The second-order valence-electron chi connectivity index (χ2n) is 7.68. The summed E-state index contributed by atoms with van der Waals surface area (Å²) in [7, 11) is 2.74. The molecule has 4 rings (SSSR count). The van der Waals surface area contributed by atoms with E-state index < -0.39 is 11.1 Å². The zero-order valence-electron chi connectivity index (χ0n) is 16.7. The van der Waals surface area contributed by atoms with Gasteiger partial charge in [-0.25, -0.2) is 0 Å². The zero-order chi connectivity index (χ0) is 22.1. The van der Waals surface area contributed by atoms with Crippen molar-refractivity contribution in [2.24, 2.45) is 11.5 Å². The molecule has 0 spiro atoms. The first kappa shape index (κ1) is 22.9. The van der Waals surface area contributed by atoms with E-state index in [-0.39, 0.29) is 23.8 Å². The first-order chi connectivity index (χ1) is 14.2. The Morgan fingerprint density at radius 3 is 1.33 bits per heavy atom. The van der Waals surface area contributed by atoms with E-state index in [9.17, 15) is 9.59 Å². The average Bonchev–Trinajstić information content (AvgIpc) is 3.64. The van der Waals surface area contributed by atoms with Crippen molar-refractivity contribution in [1.29, 1.82) is 0 Å². The number of hydrogen-bond acceptors (Lipinski definition) is 6. The minimum absolute atomic E-state index is 0.0954. The summed E-state index contributed by atoms with van der Waals surface area (Å²) >= 11 is 6.73. The van der Waals surface area contributed by atoms with Crippen molar-refractivity contribution in [3.63, 3.8) is 0 Å². The van der Waals surface area contributed by atoms with Gasteiger partial charge in [0.2, 0.25) is 0 Å². The van der Waals surface area contributed by atoms with E-state index in [1.165, 1.54) is 14.2 Å². The van der Waals surface area contributed by atoms with E-state index in [0.29, 0.717) is 12.8 Å². The first-order valence-corrected chi connectivity index (χ1v) is 11.0. The number of hydrogen-bond donors (Lipinski definition) is 2. The molecule has 2 aromatic rings. The quantitative estimate of drug-likeness (QED) is 0.575. The minimum Gasteiger partial charge on any atom is -0.468 e. The summed E-state index contributed by atoms with van der Waals surface area (Å²) in [5.41, 5.74) is 12.4. The number of benzene rings is 2. The van der Waals surface area contributed by atoms with Crippen molar-refractivity contribution < 1.29 is 19.1 Å². The van der Waals surface area contributed by atoms with Crippen LogP contribution in [0, 0.1) is 0 Å². The van der Waals surface area contributed by atoms with Crippen LogP contribution in [0.4, 0.5) is 0 Å². The summed E-state index contributed by atoms with van der Waals surface area (Å²) in [5, 5.41) is 0. The highest BCUT2D eigenvalue weighted by atomic mass is 79.9. The van der Waals surface area contributed by atoms with Gasteiger partial charge in [-0.15, -0.1) is 0 Å². The number of carbonyl (C=O) groups excluding carboxylic acids is 2. The van der Waals surface area contributed by atoms with E-state index in [1.807, 2.05) is 48.5 Å². The third kappa shape index (κ3) is 4.61. The van der Waals surface area contributed by atoms with Crippen LogP contribution in [-0.2, 0) is 19.1 Å². The highest BCUT2D eigenvalue weighted by molar-refractivity contribution is 9.10. The number of nitrogens with two attached hydrogens (primary N) is 2. The highest BCUT2D eigenvalue weighted by Gasteiger charge is 2.59. The van der Waals surface area contributed by atoms with Crippen molar-refractivity contribution in [1.82, 2.24) is 0 Å². The lowest BCUT2D eigenvalue weighted by Crippen LogP contribution is -2.35. The van der Waals surface area contributed by atoms with Crippen LogP contribution in [0.5, 0.6) is 0 Å². The Hall–Kier alpha value is -1.74. The van der Waals surface area contributed by atoms with Gasteiger partial charge in [0, 0.05) is 20.8 Å². The Bertz CT molecular complexity index is 858. The van der Waals surface area contributed by atoms with Crippen LogP contribution in [0.3, 0.4) is 0 Å². The fourth-order valence-corrected chi connectivity index (χ4v) is 4.14. The summed E-state index contributed by atoms with van der Waals surface area (Å²) in [4.78, 5) is 22.8. The molecule has 0 bridgehead atoms. The fourth-order valence-electron chi connectivity index (χ4n) is 3.61. The molecule has 2 fully saturated rings. The van der Waals surface area contributed by atoms with Crippen LogP contribution in [0.25, 0.3) is 0 Å². The topological polar surface area (TPSA) is 105 Å². The Morgan fingerprint density at radius 1 is 0.767 bits per heavy atom. The second kappa shape index (κ2) is 8.78. The zero-order valence-corrected chi connectivity index (χ0v) is 19.9. The summed E-state index contributed by atoms with van der Waals surface area (Å²) in [5.74, 6) is -0.457. The van der Waals surface area contributed by atoms with Gasteiger partial charge < -0.3 is 20.9 Å². The monoisotopic (exact) mass is 538 g/mol. The molecule has 2 aromatic carbocycles. The van der Waals surface area contributed by atoms with Crippen LogP contribution in [0.15, 0.2) is 57.5 Å². The number of methoxy groups -OCH3 is 2. The van der Waals surface area contributed by atoms with Crippen LogP contribution >= 0.6 is 31.9 Å². The molecule has 0 amide bonds. The summed E-state index contributed by atoms with van der Waals surface area (Å²) in [6.45, 7) is 0. The minimum atomic E-state index is -0.803. The number of esters is 2. The SMILES string of the molecule is COC(=O)[C@@]1(N)C[C@@H]1c1ccc(Br)cc1.COC(=O)[C@]1(N)C[C@H]1c1ccc(Br)cc1. The lowest BCUT2D eigenvalue weighted by atomic mass is 10.1. The molecule has 6 nitrogen and oxygen atoms in total. The van der Waals surface area contributed by atoms with E-state index in [0.717, 1.165) is 20.1 Å². The summed E-state index contributed by atoms with van der Waals surface area (Å²) < 4.78 is 11.4. The Morgan fingerprint density at radius 2 is 1.07 bits per heavy atom. The van der Waals surface area contributed by atoms with E-state index in [4.69, 9.17) is 11.5 Å². The fraction of sp³-hybridized carbons (Fsp3) is 0.364. The van der Waals surface area contributed by atoms with E-state index in [2.05, 4.69) is 41.3 Å². The molecule has 4 N–H and O–H groups in total. The smallest absolute Gasteiger partial charge is 0.326 e. The van der Waals surface area contributed by atoms with Crippen LogP contribution in [0.1, 0.15) is 35.8 Å². The molecule has 4 atom stereocenters. The predicted octanol–water partition coefficient (Wildman–Crippen LogP) is 3.61. The van der Waals surface area contributed by atoms with Crippen molar-refractivity contribution in [3.8, 4) is 0 Å². The maximum atomic E-state index is 11.4. The molecule has 0 heterocycles. The third-order valence-corrected chi connectivity index (χ3v) is 6.74. The maximum absolute atomic E-state index is 11.4. The molecule has 8 heteroatoms. The van der Waals surface area contributed by atoms with Gasteiger partial charge in [0.1, 0.15) is 11.1 Å². The molecule has 2 saturated carbocycles. The lowest BCUT2D eigenvalue weighted by Gasteiger charge is -2.08. The van der Waals surface area contributed by atoms with Gasteiger partial charge in [-0.05, 0) is 48.2 Å². The summed E-state index contributed by atoms with van der Waals surface area (Å²) in [6.07, 6.45) is 1.34. The largest absolute Gasteiger partial charge is 0.468 e. The number of carbonyl (C=O) groups is 2. The van der Waals surface area contributed by atoms with E-state index >= 15 is 0 Å². The molecular weight excluding hydrogens is 516 g/mol. The van der Waals surface area contributed by atoms with Crippen LogP contribution < -0.4 is 11.5 Å². The van der Waals surface area contributed by atoms with Gasteiger partial charge in [-0.2, -0.15) is 0 Å². The normalized spacial score (nSPS) is 28.6. The van der Waals surface area contributed by atoms with Crippen molar-refractivity contribution in [2.75, 3.05) is 14.2 Å². The average molecular weight is 540 g/mol. The third-order valence-electron chi connectivity index (χ3n) is 5.68. The molecule has 160 valence electrons. The summed E-state index contributed by atoms with van der Waals surface area (Å²) in [6, 6.07) is 15.7. The van der Waals surface area contributed by atoms with Gasteiger partial charge in [-0.3, -0.25) is 9.59 Å². The van der Waals surface area contributed by atoms with Crippen molar-refractivity contribution >= 4 is 43.8 Å². The molecule has 0 radical (unpaired) electrons. The number of rotatable bonds is 4. The van der Waals surface area contributed by atoms with Crippen LogP contribution in [-0.4, -0.2) is 37.2 Å². The van der Waals surface area contributed by atoms with Gasteiger partial charge in [0.25, 0.3) is 0 Å². The standard InChI is InChI=1S/2C11H12BrNO2/c2*1-15-10(14)11(13)6-9(11)7-2-4-8(12)5-3-7/h2*2-5,9H,6,13H2,1H3/t2*9-,11-/m10/s1. The van der Waals surface area contributed by atoms with Gasteiger partial charge in [0.15, 0.2) is 0 Å². The van der Waals surface area contributed by atoms with E-state index in [1.54, 1.807) is 0 Å². The lowest BCUT2D eigenvalue weighted by molar-refractivity contribution is -0.144. The molecule has 0 aromatic heterocycles. The van der Waals surface area contributed by atoms with Gasteiger partial charge in [0.05, 0.1) is 14.2 Å². The predicted molar refractivity (Wildman–Crippen MR) is 121 cm³/mol. The Kier molecular flexibility index (Phi) is 6.72. The molecule has 2 aliphatic carbocycles. The molecule has 30 heavy (non-hydrogen) atoms. The van der Waals surface area contributed by atoms with Crippen molar-refractivity contribution in [2.45, 2.75) is 35.8 Å². The molecular formula is C22H24Br2N2O4. The molecule has 2 aliphatic rings. The van der Waals surface area contributed by atoms with Gasteiger partial charge >= 0.3 is 11.9 Å². The first-order valence-electron chi connectivity index (χ1n) is 9.41.